The van der Waals surface area contributed by atoms with Gasteiger partial charge in [-0.3, -0.25) is 18.0 Å². The number of aryl methyl sites for hydroxylation is 2. The monoisotopic (exact) mass is 1420 g/mol. The van der Waals surface area contributed by atoms with Crippen LogP contribution in [0.2, 0.25) is 10.0 Å². The number of nitrogens with one attached hydrogen (secondary N) is 2. The van der Waals surface area contributed by atoms with Crippen LogP contribution in [0.25, 0.3) is 0 Å². The number of aliphatic hydroxyl groups is 2. The van der Waals surface area contributed by atoms with E-state index in [1.165, 1.54) is 22.3 Å². The minimum Gasteiger partial charge on any atom is -0.490 e. The zero-order chi connectivity index (χ0) is 67.6. The number of carbonyl (C=O) groups is 2. The Bertz CT molecular complexity index is 3760. The van der Waals surface area contributed by atoms with E-state index in [0.29, 0.717) is 111 Å². The van der Waals surface area contributed by atoms with Crippen molar-refractivity contribution in [2.75, 3.05) is 74.9 Å². The van der Waals surface area contributed by atoms with Crippen LogP contribution in [0.4, 0.5) is 11.4 Å². The Labute approximate surface area is 564 Å². The Hall–Kier alpha value is -4.76. The Morgan fingerprint density at radius 3 is 1.31 bits per heavy atom. The van der Waals surface area contributed by atoms with Crippen LogP contribution in [-0.4, -0.2) is 143 Å². The van der Waals surface area contributed by atoms with E-state index in [9.17, 15) is 53.5 Å². The summed E-state index contributed by atoms with van der Waals surface area (Å²) in [6, 6.07) is 22.1. The molecule has 0 aromatic heterocycles. The van der Waals surface area contributed by atoms with Gasteiger partial charge in [-0.15, -0.1) is 0 Å². The first kappa shape index (κ1) is 70.6. The first-order valence-corrected chi connectivity index (χ1v) is 40.5. The Balaban J connectivity index is 0.000000192. The highest BCUT2D eigenvalue weighted by Gasteiger charge is 2.52. The maximum atomic E-state index is 13.4. The second-order valence-corrected chi connectivity index (χ2v) is 36.9. The van der Waals surface area contributed by atoms with Crippen molar-refractivity contribution in [2.45, 2.75) is 163 Å². The fourth-order valence-electron chi connectivity index (χ4n) is 16.3. The maximum absolute atomic E-state index is 13.4. The third-order valence-corrected chi connectivity index (χ3v) is 27.7. The predicted molar refractivity (Wildman–Crippen MR) is 362 cm³/mol. The molecule has 4 aromatic rings. The first-order chi connectivity index (χ1) is 44.2. The van der Waals surface area contributed by atoms with E-state index in [1.54, 1.807) is 64.1 Å². The van der Waals surface area contributed by atoms with Crippen LogP contribution >= 0.6 is 23.2 Å². The lowest BCUT2D eigenvalue weighted by atomic mass is 9.63. The highest BCUT2D eigenvalue weighted by molar-refractivity contribution is 7.91. The summed E-state index contributed by atoms with van der Waals surface area (Å²) in [4.78, 5) is 31.3. The number of anilines is 2. The van der Waals surface area contributed by atoms with Gasteiger partial charge in [0.15, 0.2) is 0 Å². The van der Waals surface area contributed by atoms with Crippen LogP contribution in [0.3, 0.4) is 0 Å². The number of hydrogen-bond acceptors (Lipinski definition) is 18. The Morgan fingerprint density at radius 2 is 0.947 bits per heavy atom. The molecule has 4 heterocycles. The van der Waals surface area contributed by atoms with E-state index in [4.69, 9.17) is 41.0 Å². The van der Waals surface area contributed by atoms with Gasteiger partial charge in [0.25, 0.3) is 32.1 Å². The zero-order valence-electron chi connectivity index (χ0n) is 54.4. The van der Waals surface area contributed by atoms with E-state index in [-0.39, 0.29) is 83.5 Å². The molecule has 0 unspecified atom stereocenters. The molecule has 8 aliphatic rings. The van der Waals surface area contributed by atoms with Crippen molar-refractivity contribution in [3.05, 3.63) is 116 Å². The molecule has 20 nitrogen and oxygen atoms in total. The smallest absolute Gasteiger partial charge is 0.264 e. The van der Waals surface area contributed by atoms with E-state index in [1.807, 2.05) is 24.3 Å². The van der Waals surface area contributed by atoms with Crippen molar-refractivity contribution in [3.8, 4) is 11.5 Å². The zero-order valence-corrected chi connectivity index (χ0v) is 59.2. The lowest BCUT2D eigenvalue weighted by Gasteiger charge is -2.50. The molecule has 0 radical (unpaired) electrons. The van der Waals surface area contributed by atoms with Crippen molar-refractivity contribution in [3.63, 3.8) is 0 Å². The summed E-state index contributed by atoms with van der Waals surface area (Å²) in [6.45, 7) is 9.11. The second-order valence-electron chi connectivity index (χ2n) is 28.7. The minimum atomic E-state index is -4.03. The highest BCUT2D eigenvalue weighted by atomic mass is 35.5. The molecule has 26 heteroatoms. The van der Waals surface area contributed by atoms with Gasteiger partial charge in [0.2, 0.25) is 20.0 Å². The molecule has 516 valence electrons. The van der Waals surface area contributed by atoms with Crippen molar-refractivity contribution in [1.82, 2.24) is 9.44 Å². The molecule has 12 rings (SSSR count). The summed E-state index contributed by atoms with van der Waals surface area (Å²) >= 11 is 12.8. The van der Waals surface area contributed by atoms with Crippen molar-refractivity contribution in [1.29, 1.82) is 0 Å². The van der Waals surface area contributed by atoms with Crippen LogP contribution < -0.4 is 28.7 Å². The average Bonchev–Trinajstić information content (AvgIpc) is 1.47. The van der Waals surface area contributed by atoms with Crippen molar-refractivity contribution < 1.29 is 71.3 Å². The summed E-state index contributed by atoms with van der Waals surface area (Å²) in [5.41, 5.74) is 2.96. The Morgan fingerprint density at radius 1 is 0.553 bits per heavy atom. The molecule has 4 bridgehead atoms. The van der Waals surface area contributed by atoms with Crippen LogP contribution in [0.15, 0.2) is 72.8 Å². The van der Waals surface area contributed by atoms with E-state index >= 15 is 0 Å². The number of fused-ring (bicyclic) bond motifs is 8. The molecular weight excluding hydrogens is 1330 g/mol. The number of halogens is 2. The molecule has 2 fully saturated rings. The number of sulfonamides is 2. The molecular formula is C68H90Cl2N4O16S4. The third kappa shape index (κ3) is 15.1. The van der Waals surface area contributed by atoms with Crippen LogP contribution in [0.5, 0.6) is 11.5 Å². The van der Waals surface area contributed by atoms with Crippen molar-refractivity contribution in [2.24, 2.45) is 35.5 Å². The summed E-state index contributed by atoms with van der Waals surface area (Å²) in [5, 5.41) is 23.9. The molecule has 2 amide bonds. The summed E-state index contributed by atoms with van der Waals surface area (Å²) in [5.74, 6) is -1.29. The highest BCUT2D eigenvalue weighted by Crippen LogP contribution is 2.52. The molecule has 4 aliphatic carbocycles. The minimum absolute atomic E-state index is 0.0153. The van der Waals surface area contributed by atoms with Gasteiger partial charge in [-0.05, 0) is 222 Å². The topological polar surface area (TPSA) is 279 Å². The van der Waals surface area contributed by atoms with E-state index in [0.717, 1.165) is 63.9 Å². The quantitative estimate of drug-likeness (QED) is 0.131. The number of amides is 2. The molecule has 2 spiro atoms. The lowest BCUT2D eigenvalue weighted by molar-refractivity contribution is -0.111. The number of nitrogens with zero attached hydrogens (tertiary/aromatic N) is 2. The summed E-state index contributed by atoms with van der Waals surface area (Å²) in [7, 11) is -15.7. The fraction of sp³-hybridized carbons (Fsp3) is 0.618. The Kier molecular flexibility index (Phi) is 20.4. The molecule has 12 atom stereocenters. The van der Waals surface area contributed by atoms with Gasteiger partial charge >= 0.3 is 0 Å². The van der Waals surface area contributed by atoms with E-state index in [2.05, 4.69) is 31.4 Å². The fourth-order valence-corrected chi connectivity index (χ4v) is 20.2. The van der Waals surface area contributed by atoms with Crippen LogP contribution in [-0.2, 0) is 72.3 Å². The standard InChI is InChI=1S/2C34H45ClN2O8S2/c2*1-22-6-4-15-34(39,21-45-46(3,40)41)29-11-8-26(29)18-37-19-33(14-5-7-24-16-27(35)10-12-28(24)33)20-44-31-13-9-25(17-30(31)37)32(38)36-47(42,43)23(22)2/h2*9-10,12-13,16-17,22-23,26,29,39H,4-8,11,14-15,18-21H2,1-3H3,(H,36,38)/t22-,23+,26-,29+,33-,34+;22-,23+,26-,29+,33-,34-/m00/s1. The van der Waals surface area contributed by atoms with Crippen molar-refractivity contribution >= 4 is 86.7 Å². The van der Waals surface area contributed by atoms with Gasteiger partial charge in [0.05, 0.1) is 72.0 Å². The summed E-state index contributed by atoms with van der Waals surface area (Å²) in [6.07, 6.45) is 12.9. The third-order valence-electron chi connectivity index (χ3n) is 22.4. The van der Waals surface area contributed by atoms with Crippen LogP contribution in [0.1, 0.15) is 161 Å². The van der Waals surface area contributed by atoms with Gasteiger partial charge < -0.3 is 29.5 Å². The number of hydrogen-bond donors (Lipinski definition) is 4. The normalized spacial score (nSPS) is 32.6. The van der Waals surface area contributed by atoms with E-state index < -0.39 is 73.8 Å². The number of rotatable bonds is 6. The van der Waals surface area contributed by atoms with Gasteiger partial charge in [0, 0.05) is 58.2 Å². The predicted octanol–water partition coefficient (Wildman–Crippen LogP) is 9.63. The number of ether oxygens (including phenoxy) is 2. The second kappa shape index (κ2) is 27.2. The van der Waals surface area contributed by atoms with Gasteiger partial charge in [0.1, 0.15) is 11.5 Å². The molecule has 4 N–H and O–H groups in total. The molecule has 94 heavy (non-hydrogen) atoms. The molecule has 0 saturated heterocycles. The number of carbonyl (C=O) groups excluding carboxylic acids is 2. The maximum Gasteiger partial charge on any atom is 0.264 e. The molecule has 2 saturated carbocycles. The van der Waals surface area contributed by atoms with Gasteiger partial charge in [-0.2, -0.15) is 16.8 Å². The first-order valence-electron chi connectivity index (χ1n) is 33.1. The number of benzene rings is 4. The largest absolute Gasteiger partial charge is 0.490 e. The molecule has 4 aromatic carbocycles. The van der Waals surface area contributed by atoms with Gasteiger partial charge in [-0.1, -0.05) is 62.0 Å². The molecule has 4 aliphatic heterocycles. The van der Waals surface area contributed by atoms with Gasteiger partial charge in [-0.25, -0.2) is 26.3 Å². The lowest BCUT2D eigenvalue weighted by Crippen LogP contribution is -2.55. The summed E-state index contributed by atoms with van der Waals surface area (Å²) < 4.78 is 130. The SMILES string of the molecule is C[C@@H]1[C@@H](C)CCC[C@@](O)(COS(C)(=O)=O)[C@@H]2CC[C@H]2CN2C[C@@]3(CCCc4cc(Cl)ccc43)COc3ccc(cc32)C(=O)NS1(=O)=O.C[C@@H]1[C@@H](C)CCC[C@](O)(COS(C)(=O)=O)[C@@H]2CC[C@H]2CN2C[C@@]3(CCCc4cc(Cl)ccc43)COc3ccc(cc32)C(=O)NS1(=O)=O. The van der Waals surface area contributed by atoms with Crippen LogP contribution in [0, 0.1) is 35.5 Å². The average molecular weight is 1420 g/mol.